The Morgan fingerprint density at radius 1 is 1.53 bits per heavy atom. The summed E-state index contributed by atoms with van der Waals surface area (Å²) >= 11 is 0. The number of halogens is 1. The molecule has 0 radical (unpaired) electrons. The van der Waals surface area contributed by atoms with Gasteiger partial charge in [-0.15, -0.1) is 0 Å². The molecule has 1 N–H and O–H groups in total. The number of carbonyl (C=O) groups is 1. The Morgan fingerprint density at radius 2 is 2.24 bits per heavy atom. The van der Waals surface area contributed by atoms with Crippen molar-refractivity contribution >= 4 is 5.97 Å². The maximum absolute atomic E-state index is 13.0. The summed E-state index contributed by atoms with van der Waals surface area (Å²) in [5, 5.41) is 9.87. The van der Waals surface area contributed by atoms with Crippen LogP contribution in [-0.4, -0.2) is 17.7 Å². The smallest absolute Gasteiger partial charge is 0.305 e. The van der Waals surface area contributed by atoms with Crippen LogP contribution < -0.4 is 0 Å². The molecule has 1 unspecified atom stereocenters. The predicted octanol–water partition coefficient (Wildman–Crippen LogP) is 2.51. The van der Waals surface area contributed by atoms with Gasteiger partial charge in [-0.25, -0.2) is 4.39 Å². The molecule has 0 saturated heterocycles. The molecule has 17 heavy (non-hydrogen) atoms. The molecule has 1 rings (SSSR count). The second-order valence-electron chi connectivity index (χ2n) is 3.86. The van der Waals surface area contributed by atoms with Crippen LogP contribution in [0.25, 0.3) is 0 Å². The Hall–Kier alpha value is -1.42. The Kier molecular flexibility index (Phi) is 5.10. The topological polar surface area (TPSA) is 46.5 Å². The molecule has 0 bridgehead atoms. The lowest BCUT2D eigenvalue weighted by Crippen LogP contribution is -2.08. The van der Waals surface area contributed by atoms with Crippen LogP contribution in [-0.2, 0) is 9.53 Å². The van der Waals surface area contributed by atoms with Gasteiger partial charge in [0.1, 0.15) is 5.82 Å². The van der Waals surface area contributed by atoms with Crippen LogP contribution in [0.15, 0.2) is 18.2 Å². The zero-order valence-electron chi connectivity index (χ0n) is 10.1. The molecule has 0 aliphatic carbocycles. The monoisotopic (exact) mass is 240 g/mol. The molecular weight excluding hydrogens is 223 g/mol. The van der Waals surface area contributed by atoms with E-state index >= 15 is 0 Å². The quantitative estimate of drug-likeness (QED) is 0.804. The summed E-state index contributed by atoms with van der Waals surface area (Å²) in [4.78, 5) is 11.1. The summed E-state index contributed by atoms with van der Waals surface area (Å²) in [5.74, 6) is -0.735. The van der Waals surface area contributed by atoms with E-state index in [-0.39, 0.29) is 24.6 Å². The highest BCUT2D eigenvalue weighted by Gasteiger charge is 2.13. The van der Waals surface area contributed by atoms with Crippen molar-refractivity contribution in [2.45, 2.75) is 32.8 Å². The zero-order chi connectivity index (χ0) is 12.8. The fourth-order valence-corrected chi connectivity index (χ4v) is 1.61. The van der Waals surface area contributed by atoms with Crippen molar-refractivity contribution in [3.8, 4) is 0 Å². The highest BCUT2D eigenvalue weighted by molar-refractivity contribution is 5.69. The molecule has 0 fully saturated rings. The lowest BCUT2D eigenvalue weighted by molar-refractivity contribution is -0.143. The second-order valence-corrected chi connectivity index (χ2v) is 3.86. The lowest BCUT2D eigenvalue weighted by atomic mass is 10.00. The van der Waals surface area contributed by atoms with E-state index in [2.05, 4.69) is 0 Å². The van der Waals surface area contributed by atoms with E-state index in [0.717, 1.165) is 5.56 Å². The van der Waals surface area contributed by atoms with Crippen LogP contribution in [0, 0.1) is 12.7 Å². The molecule has 3 nitrogen and oxygen atoms in total. The first-order valence-electron chi connectivity index (χ1n) is 5.64. The predicted molar refractivity (Wildman–Crippen MR) is 62.0 cm³/mol. The molecule has 0 aromatic heterocycles. The summed E-state index contributed by atoms with van der Waals surface area (Å²) < 4.78 is 17.8. The molecule has 0 aliphatic rings. The lowest BCUT2D eigenvalue weighted by Gasteiger charge is -2.13. The number of ether oxygens (including phenoxy) is 1. The molecule has 0 saturated carbocycles. The van der Waals surface area contributed by atoms with Crippen molar-refractivity contribution in [2.75, 3.05) is 6.61 Å². The van der Waals surface area contributed by atoms with Crippen molar-refractivity contribution < 1.29 is 19.0 Å². The zero-order valence-corrected chi connectivity index (χ0v) is 10.1. The van der Waals surface area contributed by atoms with Gasteiger partial charge in [0, 0.05) is 6.42 Å². The van der Waals surface area contributed by atoms with Gasteiger partial charge >= 0.3 is 5.97 Å². The van der Waals surface area contributed by atoms with Crippen molar-refractivity contribution in [1.29, 1.82) is 0 Å². The van der Waals surface area contributed by atoms with E-state index in [1.807, 2.05) is 0 Å². The highest BCUT2D eigenvalue weighted by atomic mass is 19.1. The van der Waals surface area contributed by atoms with Crippen LogP contribution in [0.5, 0.6) is 0 Å². The SMILES string of the molecule is CCOC(=O)CCC(O)c1cc(F)ccc1C. The fraction of sp³-hybridized carbons (Fsp3) is 0.462. The van der Waals surface area contributed by atoms with Gasteiger partial charge < -0.3 is 9.84 Å². The third-order valence-corrected chi connectivity index (χ3v) is 2.53. The number of aryl methyl sites for hydroxylation is 1. The number of hydrogen-bond donors (Lipinski definition) is 1. The number of hydrogen-bond acceptors (Lipinski definition) is 3. The van der Waals surface area contributed by atoms with Gasteiger partial charge in [-0.3, -0.25) is 4.79 Å². The van der Waals surface area contributed by atoms with Crippen LogP contribution in [0.1, 0.15) is 37.0 Å². The summed E-state index contributed by atoms with van der Waals surface area (Å²) in [6.07, 6.45) is -0.469. The van der Waals surface area contributed by atoms with Gasteiger partial charge in [-0.1, -0.05) is 6.07 Å². The van der Waals surface area contributed by atoms with E-state index in [0.29, 0.717) is 12.2 Å². The first-order valence-corrected chi connectivity index (χ1v) is 5.64. The van der Waals surface area contributed by atoms with Crippen molar-refractivity contribution in [2.24, 2.45) is 0 Å². The van der Waals surface area contributed by atoms with E-state index in [9.17, 15) is 14.3 Å². The summed E-state index contributed by atoms with van der Waals surface area (Å²) in [6.45, 7) is 3.85. The maximum Gasteiger partial charge on any atom is 0.305 e. The Labute approximate surface area is 100 Å². The number of benzene rings is 1. The number of esters is 1. The van der Waals surface area contributed by atoms with E-state index in [4.69, 9.17) is 4.74 Å². The van der Waals surface area contributed by atoms with Crippen molar-refractivity contribution in [3.63, 3.8) is 0 Å². The number of carbonyl (C=O) groups excluding carboxylic acids is 1. The molecule has 94 valence electrons. The fourth-order valence-electron chi connectivity index (χ4n) is 1.61. The minimum absolute atomic E-state index is 0.130. The molecule has 0 spiro atoms. The average Bonchev–Trinajstić information content (AvgIpc) is 2.29. The third kappa shape index (κ3) is 4.15. The van der Waals surface area contributed by atoms with E-state index in [1.54, 1.807) is 19.9 Å². The van der Waals surface area contributed by atoms with Gasteiger partial charge in [0.2, 0.25) is 0 Å². The minimum atomic E-state index is -0.838. The average molecular weight is 240 g/mol. The van der Waals surface area contributed by atoms with Crippen molar-refractivity contribution in [1.82, 2.24) is 0 Å². The molecule has 4 heteroatoms. The number of rotatable bonds is 5. The normalized spacial score (nSPS) is 12.2. The van der Waals surface area contributed by atoms with Crippen LogP contribution >= 0.6 is 0 Å². The van der Waals surface area contributed by atoms with E-state index in [1.165, 1.54) is 12.1 Å². The van der Waals surface area contributed by atoms with Gasteiger partial charge in [0.25, 0.3) is 0 Å². The molecule has 0 amide bonds. The largest absolute Gasteiger partial charge is 0.466 e. The Balaban J connectivity index is 2.60. The highest BCUT2D eigenvalue weighted by Crippen LogP contribution is 2.22. The Morgan fingerprint density at radius 3 is 2.88 bits per heavy atom. The van der Waals surface area contributed by atoms with Crippen LogP contribution in [0.3, 0.4) is 0 Å². The first-order chi connectivity index (χ1) is 8.04. The summed E-state index contributed by atoms with van der Waals surface area (Å²) in [6, 6.07) is 4.25. The standard InChI is InChI=1S/C13H17FO3/c1-3-17-13(16)7-6-12(15)11-8-10(14)5-4-9(11)2/h4-5,8,12,15H,3,6-7H2,1-2H3. The molecule has 1 aromatic carbocycles. The summed E-state index contributed by atoms with van der Waals surface area (Å²) in [5.41, 5.74) is 1.33. The molecule has 0 aliphatic heterocycles. The van der Waals surface area contributed by atoms with Crippen LogP contribution in [0.4, 0.5) is 4.39 Å². The second kappa shape index (κ2) is 6.35. The third-order valence-electron chi connectivity index (χ3n) is 2.53. The van der Waals surface area contributed by atoms with Gasteiger partial charge in [0.15, 0.2) is 0 Å². The van der Waals surface area contributed by atoms with Crippen LogP contribution in [0.2, 0.25) is 0 Å². The maximum atomic E-state index is 13.0. The first kappa shape index (κ1) is 13.6. The molecule has 1 atom stereocenters. The van der Waals surface area contributed by atoms with Gasteiger partial charge in [-0.05, 0) is 43.5 Å². The van der Waals surface area contributed by atoms with E-state index < -0.39 is 6.10 Å². The number of aliphatic hydroxyl groups is 1. The molecule has 0 heterocycles. The Bertz CT molecular complexity index is 390. The number of aliphatic hydroxyl groups excluding tert-OH is 1. The minimum Gasteiger partial charge on any atom is -0.466 e. The van der Waals surface area contributed by atoms with Gasteiger partial charge in [-0.2, -0.15) is 0 Å². The molecular formula is C13H17FO3. The van der Waals surface area contributed by atoms with Crippen molar-refractivity contribution in [3.05, 3.63) is 35.1 Å². The summed E-state index contributed by atoms with van der Waals surface area (Å²) in [7, 11) is 0. The molecule has 1 aromatic rings. The van der Waals surface area contributed by atoms with Gasteiger partial charge in [0.05, 0.1) is 12.7 Å².